The molecule has 0 spiro atoms. The lowest BCUT2D eigenvalue weighted by Crippen LogP contribution is -2.63. The quantitative estimate of drug-likeness (QED) is 0.868. The van der Waals surface area contributed by atoms with Gasteiger partial charge in [0, 0.05) is 63.7 Å². The number of carbonyl (C=O) groups is 1. The molecule has 2 aliphatic rings. The third-order valence-corrected chi connectivity index (χ3v) is 5.71. The molecule has 4 heterocycles. The molecule has 1 unspecified atom stereocenters. The monoisotopic (exact) mass is 353 g/mol. The van der Waals surface area contributed by atoms with Gasteiger partial charge in [0.05, 0.1) is 17.7 Å². The number of fused-ring (bicyclic) bond motifs is 1. The van der Waals surface area contributed by atoms with Crippen LogP contribution in [-0.2, 0) is 16.1 Å². The molecule has 0 bridgehead atoms. The standard InChI is InChI=1S/C19H23N5O2/c20-11-16-15(13-23-5-2-1-3-17(16)23)12-22-6-8-24(9-7-22)19(18(21)25)4-10-26-14-19/h1-3,5,13H,4,6-10,12,14H2,(H2,21,25). The number of aromatic nitrogens is 1. The van der Waals surface area contributed by atoms with Crippen LogP contribution in [0.25, 0.3) is 5.52 Å². The van der Waals surface area contributed by atoms with E-state index in [-0.39, 0.29) is 5.91 Å². The van der Waals surface area contributed by atoms with Gasteiger partial charge >= 0.3 is 0 Å². The average Bonchev–Trinajstić information content (AvgIpc) is 3.27. The van der Waals surface area contributed by atoms with Crippen LogP contribution >= 0.6 is 0 Å². The zero-order chi connectivity index (χ0) is 18.1. The first-order chi connectivity index (χ1) is 12.6. The topological polar surface area (TPSA) is 87.0 Å². The van der Waals surface area contributed by atoms with Crippen molar-refractivity contribution in [1.82, 2.24) is 14.2 Å². The molecule has 1 atom stereocenters. The number of nitrogens with zero attached hydrogens (tertiary/aromatic N) is 4. The molecular weight excluding hydrogens is 330 g/mol. The van der Waals surface area contributed by atoms with Crippen molar-refractivity contribution in [2.45, 2.75) is 18.5 Å². The van der Waals surface area contributed by atoms with Crippen molar-refractivity contribution in [1.29, 1.82) is 5.26 Å². The zero-order valence-electron chi connectivity index (χ0n) is 14.7. The first kappa shape index (κ1) is 17.0. The van der Waals surface area contributed by atoms with E-state index in [4.69, 9.17) is 10.5 Å². The Balaban J connectivity index is 1.46. The van der Waals surface area contributed by atoms with Crippen LogP contribution in [0.2, 0.25) is 0 Å². The number of piperazine rings is 1. The van der Waals surface area contributed by atoms with Gasteiger partial charge in [0.1, 0.15) is 11.6 Å². The van der Waals surface area contributed by atoms with Crippen molar-refractivity contribution in [3.8, 4) is 6.07 Å². The number of carbonyl (C=O) groups excluding carboxylic acids is 1. The van der Waals surface area contributed by atoms with E-state index in [9.17, 15) is 10.1 Å². The van der Waals surface area contributed by atoms with Gasteiger partial charge in [-0.05, 0) is 12.1 Å². The molecule has 0 radical (unpaired) electrons. The van der Waals surface area contributed by atoms with E-state index in [0.29, 0.717) is 19.6 Å². The summed E-state index contributed by atoms with van der Waals surface area (Å²) in [5.41, 5.74) is 7.77. The fraction of sp³-hybridized carbons (Fsp3) is 0.474. The number of hydrogen-bond acceptors (Lipinski definition) is 5. The van der Waals surface area contributed by atoms with E-state index in [1.807, 2.05) is 35.0 Å². The zero-order valence-corrected chi connectivity index (χ0v) is 14.7. The summed E-state index contributed by atoms with van der Waals surface area (Å²) < 4.78 is 7.47. The Morgan fingerprint density at radius 1 is 1.31 bits per heavy atom. The van der Waals surface area contributed by atoms with E-state index in [0.717, 1.165) is 49.4 Å². The first-order valence-electron chi connectivity index (χ1n) is 8.98. The number of nitriles is 1. The molecule has 0 saturated carbocycles. The number of primary amides is 1. The molecule has 4 rings (SSSR count). The largest absolute Gasteiger partial charge is 0.379 e. The fourth-order valence-electron chi connectivity index (χ4n) is 4.16. The van der Waals surface area contributed by atoms with Crippen molar-refractivity contribution in [2.24, 2.45) is 5.73 Å². The van der Waals surface area contributed by atoms with E-state index in [1.54, 1.807) is 0 Å². The summed E-state index contributed by atoms with van der Waals surface area (Å²) >= 11 is 0. The molecule has 0 aliphatic carbocycles. The van der Waals surface area contributed by atoms with Gasteiger partial charge in [0.15, 0.2) is 0 Å². The average molecular weight is 353 g/mol. The Hall–Kier alpha value is -2.40. The van der Waals surface area contributed by atoms with Gasteiger partial charge in [0.25, 0.3) is 0 Å². The van der Waals surface area contributed by atoms with Crippen LogP contribution in [0, 0.1) is 11.3 Å². The molecule has 1 amide bonds. The molecule has 26 heavy (non-hydrogen) atoms. The van der Waals surface area contributed by atoms with Crippen molar-refractivity contribution in [2.75, 3.05) is 39.4 Å². The number of ether oxygens (including phenoxy) is 1. The van der Waals surface area contributed by atoms with Crippen LogP contribution in [0.3, 0.4) is 0 Å². The second-order valence-electron chi connectivity index (χ2n) is 7.10. The number of hydrogen-bond donors (Lipinski definition) is 1. The number of nitrogens with two attached hydrogens (primary N) is 1. The highest BCUT2D eigenvalue weighted by atomic mass is 16.5. The van der Waals surface area contributed by atoms with Crippen molar-refractivity contribution in [3.05, 3.63) is 41.7 Å². The Labute approximate surface area is 152 Å². The lowest BCUT2D eigenvalue weighted by molar-refractivity contribution is -0.132. The minimum absolute atomic E-state index is 0.283. The summed E-state index contributed by atoms with van der Waals surface area (Å²) in [6.45, 7) is 4.96. The molecule has 2 fully saturated rings. The summed E-state index contributed by atoms with van der Waals surface area (Å²) in [6.07, 6.45) is 4.68. The van der Waals surface area contributed by atoms with Crippen molar-refractivity contribution >= 4 is 11.4 Å². The molecule has 2 saturated heterocycles. The Bertz CT molecular complexity index is 854. The lowest BCUT2D eigenvalue weighted by Gasteiger charge is -2.43. The van der Waals surface area contributed by atoms with Gasteiger partial charge < -0.3 is 14.9 Å². The highest BCUT2D eigenvalue weighted by Crippen LogP contribution is 2.28. The summed E-state index contributed by atoms with van der Waals surface area (Å²) in [6, 6.07) is 8.23. The molecule has 2 aliphatic heterocycles. The number of pyridine rings is 1. The Morgan fingerprint density at radius 2 is 2.12 bits per heavy atom. The van der Waals surface area contributed by atoms with E-state index >= 15 is 0 Å². The van der Waals surface area contributed by atoms with E-state index in [1.165, 1.54) is 0 Å². The molecule has 2 aromatic rings. The predicted octanol–water partition coefficient (Wildman–Crippen LogP) is 0.573. The highest BCUT2D eigenvalue weighted by Gasteiger charge is 2.46. The maximum atomic E-state index is 12.0. The molecule has 2 aromatic heterocycles. The van der Waals surface area contributed by atoms with Gasteiger partial charge in [-0.25, -0.2) is 0 Å². The number of amides is 1. The second kappa shape index (κ2) is 6.72. The summed E-state index contributed by atoms with van der Waals surface area (Å²) in [7, 11) is 0. The maximum Gasteiger partial charge on any atom is 0.240 e. The minimum Gasteiger partial charge on any atom is -0.379 e. The van der Waals surface area contributed by atoms with E-state index < -0.39 is 5.54 Å². The third kappa shape index (κ3) is 2.76. The predicted molar refractivity (Wildman–Crippen MR) is 96.3 cm³/mol. The molecule has 136 valence electrons. The molecule has 2 N–H and O–H groups in total. The summed E-state index contributed by atoms with van der Waals surface area (Å²) in [4.78, 5) is 16.5. The van der Waals surface area contributed by atoms with Crippen molar-refractivity contribution < 1.29 is 9.53 Å². The van der Waals surface area contributed by atoms with E-state index in [2.05, 4.69) is 15.9 Å². The third-order valence-electron chi connectivity index (χ3n) is 5.71. The maximum absolute atomic E-state index is 12.0. The summed E-state index contributed by atoms with van der Waals surface area (Å²) in [5, 5.41) is 9.56. The van der Waals surface area contributed by atoms with Gasteiger partial charge in [-0.2, -0.15) is 5.26 Å². The molecule has 7 nitrogen and oxygen atoms in total. The minimum atomic E-state index is -0.644. The van der Waals surface area contributed by atoms with Crippen molar-refractivity contribution in [3.63, 3.8) is 0 Å². The summed E-state index contributed by atoms with van der Waals surface area (Å²) in [5.74, 6) is -0.283. The fourth-order valence-corrected chi connectivity index (χ4v) is 4.16. The first-order valence-corrected chi connectivity index (χ1v) is 8.98. The lowest BCUT2D eigenvalue weighted by atomic mass is 9.94. The molecule has 0 aromatic carbocycles. The van der Waals surface area contributed by atoms with Crippen LogP contribution < -0.4 is 5.73 Å². The van der Waals surface area contributed by atoms with Gasteiger partial charge in [-0.15, -0.1) is 0 Å². The molecule has 7 heteroatoms. The van der Waals surface area contributed by atoms with Crippen LogP contribution in [0.5, 0.6) is 0 Å². The van der Waals surface area contributed by atoms with Gasteiger partial charge in [0.2, 0.25) is 5.91 Å². The van der Waals surface area contributed by atoms with Crippen LogP contribution in [0.1, 0.15) is 17.5 Å². The van der Waals surface area contributed by atoms with Crippen LogP contribution in [-0.4, -0.2) is 65.0 Å². The normalized spacial score (nSPS) is 24.7. The molecular formula is C19H23N5O2. The Kier molecular flexibility index (Phi) is 4.41. The van der Waals surface area contributed by atoms with Crippen LogP contribution in [0.15, 0.2) is 30.6 Å². The Morgan fingerprint density at radius 3 is 2.77 bits per heavy atom. The smallest absolute Gasteiger partial charge is 0.240 e. The van der Waals surface area contributed by atoms with Crippen LogP contribution in [0.4, 0.5) is 0 Å². The SMILES string of the molecule is N#Cc1c(CN2CCN(C3(C(N)=O)CCOC3)CC2)cn2ccccc12. The van der Waals surface area contributed by atoms with Gasteiger partial charge in [-0.1, -0.05) is 6.07 Å². The second-order valence-corrected chi connectivity index (χ2v) is 7.10. The number of rotatable bonds is 4. The highest BCUT2D eigenvalue weighted by molar-refractivity contribution is 5.85. The van der Waals surface area contributed by atoms with Gasteiger partial charge in [-0.3, -0.25) is 14.6 Å².